The zero-order valence-electron chi connectivity index (χ0n) is 23.7. The fourth-order valence-electron chi connectivity index (χ4n) is 6.35. The highest BCUT2D eigenvalue weighted by molar-refractivity contribution is 6.73. The molecule has 0 aromatic heterocycles. The maximum absolute atomic E-state index is 11.8. The number of hydrogen-bond donors (Lipinski definition) is 0. The minimum absolute atomic E-state index is 0.194. The van der Waals surface area contributed by atoms with Crippen molar-refractivity contribution in [2.24, 2.45) is 0 Å². The van der Waals surface area contributed by atoms with Gasteiger partial charge in [-0.2, -0.15) is 0 Å². The first-order valence-corrected chi connectivity index (χ1v) is 15.0. The average Bonchev–Trinajstić information content (AvgIpc) is 2.80. The molecule has 3 saturated heterocycles. The minimum atomic E-state index is -2.81. The molecular weight excluding hydrogens is 492 g/mol. The molecule has 9 heteroatoms. The predicted molar refractivity (Wildman–Crippen MR) is 140 cm³/mol. The highest BCUT2D eigenvalue weighted by Gasteiger charge is 2.68. The van der Waals surface area contributed by atoms with Gasteiger partial charge in [-0.05, 0) is 12.5 Å². The van der Waals surface area contributed by atoms with Gasteiger partial charge in [0.25, 0.3) is 0 Å². The fraction of sp³-hybridized carbons (Fsp3) is 0.750. The van der Waals surface area contributed by atoms with E-state index < -0.39 is 44.9 Å². The number of esters is 1. The number of methoxy groups -OCH3 is 1. The van der Waals surface area contributed by atoms with Crippen molar-refractivity contribution in [2.75, 3.05) is 13.7 Å². The summed E-state index contributed by atoms with van der Waals surface area (Å²) >= 11 is 0. The number of carbonyl (C=O) groups excluding carboxylic acids is 1. The van der Waals surface area contributed by atoms with Crippen LogP contribution < -0.4 is 0 Å². The van der Waals surface area contributed by atoms with Gasteiger partial charge in [0, 0.05) is 30.5 Å². The normalized spacial score (nSPS) is 35.8. The van der Waals surface area contributed by atoms with Crippen LogP contribution in [0.15, 0.2) is 30.3 Å². The number of benzene rings is 1. The minimum Gasteiger partial charge on any atom is -0.457 e. The number of fused-ring (bicyclic) bond motifs is 2. The molecule has 0 N–H and O–H groups in total. The summed E-state index contributed by atoms with van der Waals surface area (Å²) in [6, 6.07) is 10.1. The van der Waals surface area contributed by atoms with Crippen LogP contribution in [-0.4, -0.2) is 70.7 Å². The number of hydrogen-bond acceptors (Lipinski definition) is 8. The SMILES string of the molecule is COC1O[C@@]2(C)[C@H](C[C@@H]1OC(C)=O)O[C@@H]1CO[Si](C(C)(C)C)(C(C)(C)C)O[C@H]1[C@@H]2OCc1ccccc1. The Morgan fingerprint density at radius 3 is 2.32 bits per heavy atom. The summed E-state index contributed by atoms with van der Waals surface area (Å²) < 4.78 is 45.0. The Balaban J connectivity index is 1.72. The topological polar surface area (TPSA) is 81.7 Å². The van der Waals surface area contributed by atoms with Gasteiger partial charge >= 0.3 is 14.5 Å². The van der Waals surface area contributed by atoms with Gasteiger partial charge in [-0.25, -0.2) is 0 Å². The summed E-state index contributed by atoms with van der Waals surface area (Å²) in [5.41, 5.74) is 0.158. The van der Waals surface area contributed by atoms with Crippen molar-refractivity contribution in [3.8, 4) is 0 Å². The van der Waals surface area contributed by atoms with E-state index in [2.05, 4.69) is 41.5 Å². The van der Waals surface area contributed by atoms with Gasteiger partial charge in [0.1, 0.15) is 23.9 Å². The smallest absolute Gasteiger partial charge is 0.349 e. The summed E-state index contributed by atoms with van der Waals surface area (Å²) in [7, 11) is -1.26. The standard InChI is InChI=1S/C28H44O8Si/c1-18(29)33-20-15-22-28(8,35-25(20)30-9)24(31-16-19-13-11-10-12-14-19)23-21(34-22)17-32-37(36-23,26(2,3)4)27(5,6)7/h10-14,20-25H,15-17H2,1-9H3/t20-,21+,22-,23+,24-,25?,28-/m0/s1. The van der Waals surface area contributed by atoms with Crippen molar-refractivity contribution in [3.63, 3.8) is 0 Å². The Morgan fingerprint density at radius 1 is 1.11 bits per heavy atom. The molecule has 0 amide bonds. The number of ether oxygens (including phenoxy) is 5. The van der Waals surface area contributed by atoms with E-state index in [1.54, 1.807) is 7.11 Å². The second-order valence-electron chi connectivity index (χ2n) is 12.7. The van der Waals surface area contributed by atoms with Crippen molar-refractivity contribution in [3.05, 3.63) is 35.9 Å². The van der Waals surface area contributed by atoms with E-state index in [1.807, 2.05) is 37.3 Å². The zero-order chi connectivity index (χ0) is 27.2. The van der Waals surface area contributed by atoms with Gasteiger partial charge in [-0.3, -0.25) is 4.79 Å². The maximum Gasteiger partial charge on any atom is 0.349 e. The molecule has 3 aliphatic rings. The first kappa shape index (κ1) is 28.7. The maximum atomic E-state index is 11.8. The van der Waals surface area contributed by atoms with Crippen molar-refractivity contribution >= 4 is 14.5 Å². The third-order valence-electron chi connectivity index (χ3n) is 7.88. The van der Waals surface area contributed by atoms with Crippen LogP contribution in [0.1, 0.15) is 67.4 Å². The van der Waals surface area contributed by atoms with Crippen LogP contribution in [-0.2, 0) is 43.9 Å². The molecule has 0 aliphatic carbocycles. The number of carbonyl (C=O) groups is 1. The van der Waals surface area contributed by atoms with Gasteiger partial charge in [0.05, 0.1) is 19.3 Å². The molecule has 208 valence electrons. The lowest BCUT2D eigenvalue weighted by molar-refractivity contribution is -0.370. The fourth-order valence-corrected chi connectivity index (χ4v) is 11.3. The van der Waals surface area contributed by atoms with E-state index in [0.717, 1.165) is 5.56 Å². The molecule has 3 aliphatic heterocycles. The summed E-state index contributed by atoms with van der Waals surface area (Å²) in [5, 5.41) is -0.387. The first-order chi connectivity index (χ1) is 17.2. The molecule has 0 radical (unpaired) electrons. The Bertz CT molecular complexity index is 928. The van der Waals surface area contributed by atoms with Crippen LogP contribution >= 0.6 is 0 Å². The summed E-state index contributed by atoms with van der Waals surface area (Å²) in [5.74, 6) is -0.389. The Hall–Kier alpha value is -1.33. The molecule has 0 spiro atoms. The molecule has 3 heterocycles. The van der Waals surface area contributed by atoms with E-state index in [-0.39, 0.29) is 22.1 Å². The summed E-state index contributed by atoms with van der Waals surface area (Å²) in [6.45, 7) is 17.4. The summed E-state index contributed by atoms with van der Waals surface area (Å²) in [6.07, 6.45) is -2.53. The molecule has 7 atom stereocenters. The van der Waals surface area contributed by atoms with E-state index in [0.29, 0.717) is 19.6 Å². The van der Waals surface area contributed by atoms with Crippen molar-refractivity contribution in [1.82, 2.24) is 0 Å². The highest BCUT2D eigenvalue weighted by atomic mass is 28.4. The van der Waals surface area contributed by atoms with Crippen LogP contribution in [0.25, 0.3) is 0 Å². The van der Waals surface area contributed by atoms with Crippen LogP contribution in [0.2, 0.25) is 10.1 Å². The molecule has 37 heavy (non-hydrogen) atoms. The Morgan fingerprint density at radius 2 is 1.76 bits per heavy atom. The Labute approximate surface area is 222 Å². The molecule has 3 fully saturated rings. The van der Waals surface area contributed by atoms with Crippen LogP contribution in [0.5, 0.6) is 0 Å². The molecule has 4 rings (SSSR count). The molecule has 8 nitrogen and oxygen atoms in total. The zero-order valence-corrected chi connectivity index (χ0v) is 24.7. The predicted octanol–water partition coefficient (Wildman–Crippen LogP) is 4.88. The lowest BCUT2D eigenvalue weighted by Gasteiger charge is -2.62. The third kappa shape index (κ3) is 5.28. The van der Waals surface area contributed by atoms with Crippen LogP contribution in [0.3, 0.4) is 0 Å². The molecule has 1 unspecified atom stereocenters. The average molecular weight is 537 g/mol. The molecule has 1 aromatic rings. The Kier molecular flexibility index (Phi) is 8.01. The lowest BCUT2D eigenvalue weighted by Crippen LogP contribution is -2.76. The van der Waals surface area contributed by atoms with Gasteiger partial charge in [0.15, 0.2) is 12.4 Å². The lowest BCUT2D eigenvalue weighted by atomic mass is 9.79. The van der Waals surface area contributed by atoms with Gasteiger partial charge in [-0.15, -0.1) is 0 Å². The monoisotopic (exact) mass is 536 g/mol. The second kappa shape index (κ2) is 10.3. The first-order valence-electron chi connectivity index (χ1n) is 13.2. The van der Waals surface area contributed by atoms with Crippen molar-refractivity contribution < 1.29 is 37.3 Å². The molecule has 0 saturated carbocycles. The van der Waals surface area contributed by atoms with Crippen LogP contribution in [0, 0.1) is 0 Å². The molecule has 1 aromatic carbocycles. The van der Waals surface area contributed by atoms with Crippen LogP contribution in [0.4, 0.5) is 0 Å². The second-order valence-corrected chi connectivity index (χ2v) is 17.4. The van der Waals surface area contributed by atoms with Crippen molar-refractivity contribution in [1.29, 1.82) is 0 Å². The highest BCUT2D eigenvalue weighted by Crippen LogP contribution is 2.56. The van der Waals surface area contributed by atoms with E-state index >= 15 is 0 Å². The van der Waals surface area contributed by atoms with E-state index in [9.17, 15) is 4.79 Å². The quantitative estimate of drug-likeness (QED) is 0.389. The molecule has 0 bridgehead atoms. The van der Waals surface area contributed by atoms with Gasteiger partial charge in [-0.1, -0.05) is 71.9 Å². The van der Waals surface area contributed by atoms with Gasteiger partial charge < -0.3 is 32.5 Å². The van der Waals surface area contributed by atoms with E-state index in [4.69, 9.17) is 32.5 Å². The molecular formula is C28H44O8Si. The number of rotatable bonds is 5. The third-order valence-corrected chi connectivity index (χ3v) is 13.0. The largest absolute Gasteiger partial charge is 0.457 e. The summed E-state index contributed by atoms with van der Waals surface area (Å²) in [4.78, 5) is 11.8. The van der Waals surface area contributed by atoms with Crippen molar-refractivity contribution in [2.45, 2.75) is 121 Å². The van der Waals surface area contributed by atoms with Gasteiger partial charge in [0.2, 0.25) is 0 Å². The van der Waals surface area contributed by atoms with E-state index in [1.165, 1.54) is 6.92 Å².